The number of benzene rings is 1. The third-order valence-corrected chi connectivity index (χ3v) is 4.49. The highest BCUT2D eigenvalue weighted by molar-refractivity contribution is 5.44. The summed E-state index contributed by atoms with van der Waals surface area (Å²) in [6, 6.07) is 7.32. The first-order chi connectivity index (χ1) is 9.72. The molecule has 0 aromatic heterocycles. The van der Waals surface area contributed by atoms with E-state index in [-0.39, 0.29) is 0 Å². The van der Waals surface area contributed by atoms with Crippen LogP contribution in [0.1, 0.15) is 51.1 Å². The molecule has 1 aromatic carbocycles. The molecule has 3 unspecified atom stereocenters. The van der Waals surface area contributed by atoms with E-state index in [2.05, 4.69) is 31.3 Å². The van der Waals surface area contributed by atoms with Gasteiger partial charge in [0.25, 0.3) is 0 Å². The zero-order valence-electron chi connectivity index (χ0n) is 12.5. The monoisotopic (exact) mass is 275 g/mol. The quantitative estimate of drug-likeness (QED) is 0.912. The topological polar surface area (TPSA) is 30.5 Å². The number of rotatable bonds is 3. The number of hydrogen-bond donors (Lipinski definition) is 1. The average molecular weight is 275 g/mol. The Morgan fingerprint density at radius 3 is 2.75 bits per heavy atom. The van der Waals surface area contributed by atoms with Crippen LogP contribution in [0.4, 0.5) is 0 Å². The fraction of sp³-hybridized carbons (Fsp3) is 0.647. The number of hydrogen-bond acceptors (Lipinski definition) is 3. The largest absolute Gasteiger partial charge is 0.486 e. The maximum absolute atomic E-state index is 5.67. The van der Waals surface area contributed by atoms with Crippen LogP contribution >= 0.6 is 0 Å². The molecule has 20 heavy (non-hydrogen) atoms. The Kier molecular flexibility index (Phi) is 4.16. The Balaban J connectivity index is 1.66. The first kappa shape index (κ1) is 13.7. The average Bonchev–Trinajstić information content (AvgIpc) is 2.47. The molecule has 1 fully saturated rings. The lowest BCUT2D eigenvalue weighted by molar-refractivity contribution is 0.171. The summed E-state index contributed by atoms with van der Waals surface area (Å²) in [5, 5.41) is 3.78. The minimum absolute atomic E-state index is 0.362. The number of ether oxygens (including phenoxy) is 2. The molecule has 3 heteroatoms. The molecule has 1 aromatic rings. The summed E-state index contributed by atoms with van der Waals surface area (Å²) in [6.45, 7) is 5.91. The Morgan fingerprint density at radius 1 is 1.15 bits per heavy atom. The van der Waals surface area contributed by atoms with Crippen LogP contribution in [0.3, 0.4) is 0 Å². The van der Waals surface area contributed by atoms with Crippen molar-refractivity contribution >= 4 is 0 Å². The van der Waals surface area contributed by atoms with Crippen LogP contribution in [0.5, 0.6) is 11.5 Å². The second kappa shape index (κ2) is 6.04. The van der Waals surface area contributed by atoms with Gasteiger partial charge in [0.2, 0.25) is 0 Å². The third kappa shape index (κ3) is 3.09. The molecule has 3 rings (SSSR count). The summed E-state index contributed by atoms with van der Waals surface area (Å²) in [6.07, 6.45) is 5.34. The summed E-state index contributed by atoms with van der Waals surface area (Å²) >= 11 is 0. The predicted octanol–water partition coefficient (Wildman–Crippen LogP) is 3.69. The van der Waals surface area contributed by atoms with Gasteiger partial charge in [0, 0.05) is 12.1 Å². The Labute approximate surface area is 121 Å². The molecule has 0 bridgehead atoms. The Morgan fingerprint density at radius 2 is 1.95 bits per heavy atom. The highest BCUT2D eigenvalue weighted by atomic mass is 16.6. The van der Waals surface area contributed by atoms with Gasteiger partial charge in [-0.3, -0.25) is 0 Å². The van der Waals surface area contributed by atoms with Gasteiger partial charge in [-0.25, -0.2) is 0 Å². The molecule has 1 saturated carbocycles. The summed E-state index contributed by atoms with van der Waals surface area (Å²) in [4.78, 5) is 0. The van der Waals surface area contributed by atoms with Gasteiger partial charge >= 0.3 is 0 Å². The lowest BCUT2D eigenvalue weighted by atomic mass is 9.86. The Hall–Kier alpha value is -1.22. The van der Waals surface area contributed by atoms with E-state index in [1.54, 1.807) is 0 Å². The standard InChI is InChI=1S/C17H25NO2/c1-12-4-3-5-15(10-12)18-13(2)14-6-7-16-17(11-14)20-9-8-19-16/h6-7,11-13,15,18H,3-5,8-10H2,1-2H3. The molecule has 110 valence electrons. The van der Waals surface area contributed by atoms with Gasteiger partial charge in [-0.05, 0) is 43.4 Å². The maximum Gasteiger partial charge on any atom is 0.161 e. The summed E-state index contributed by atoms with van der Waals surface area (Å²) in [7, 11) is 0. The first-order valence-electron chi connectivity index (χ1n) is 7.88. The van der Waals surface area contributed by atoms with Crippen LogP contribution in [0.25, 0.3) is 0 Å². The molecular formula is C17H25NO2. The van der Waals surface area contributed by atoms with Crippen LogP contribution in [-0.2, 0) is 0 Å². The van der Waals surface area contributed by atoms with Crippen molar-refractivity contribution in [2.24, 2.45) is 5.92 Å². The van der Waals surface area contributed by atoms with Crippen LogP contribution in [0.2, 0.25) is 0 Å². The highest BCUT2D eigenvalue weighted by Gasteiger charge is 2.21. The van der Waals surface area contributed by atoms with E-state index >= 15 is 0 Å². The smallest absolute Gasteiger partial charge is 0.161 e. The predicted molar refractivity (Wildman–Crippen MR) is 80.4 cm³/mol. The fourth-order valence-electron chi connectivity index (χ4n) is 3.36. The fourth-order valence-corrected chi connectivity index (χ4v) is 3.36. The van der Waals surface area contributed by atoms with Gasteiger partial charge in [-0.2, -0.15) is 0 Å². The molecule has 1 N–H and O–H groups in total. The van der Waals surface area contributed by atoms with Gasteiger partial charge in [-0.15, -0.1) is 0 Å². The van der Waals surface area contributed by atoms with Gasteiger partial charge in [0.15, 0.2) is 11.5 Å². The molecule has 0 amide bonds. The summed E-state index contributed by atoms with van der Waals surface area (Å²) < 4.78 is 11.2. The molecule has 3 nitrogen and oxygen atoms in total. The molecule has 2 aliphatic rings. The van der Waals surface area contributed by atoms with E-state index in [9.17, 15) is 0 Å². The second-order valence-electron chi connectivity index (χ2n) is 6.26. The summed E-state index contributed by atoms with van der Waals surface area (Å²) in [5.74, 6) is 2.62. The molecule has 1 heterocycles. The van der Waals surface area contributed by atoms with Crippen LogP contribution in [0.15, 0.2) is 18.2 Å². The number of nitrogens with one attached hydrogen (secondary N) is 1. The summed E-state index contributed by atoms with van der Waals surface area (Å²) in [5.41, 5.74) is 1.28. The van der Waals surface area contributed by atoms with E-state index in [0.29, 0.717) is 25.3 Å². The minimum Gasteiger partial charge on any atom is -0.486 e. The second-order valence-corrected chi connectivity index (χ2v) is 6.26. The van der Waals surface area contributed by atoms with E-state index in [1.165, 1.54) is 31.2 Å². The zero-order valence-corrected chi connectivity index (χ0v) is 12.5. The molecule has 3 atom stereocenters. The van der Waals surface area contributed by atoms with E-state index in [4.69, 9.17) is 9.47 Å². The van der Waals surface area contributed by atoms with Crippen molar-refractivity contribution < 1.29 is 9.47 Å². The van der Waals surface area contributed by atoms with E-state index < -0.39 is 0 Å². The lowest BCUT2D eigenvalue weighted by Gasteiger charge is -2.30. The van der Waals surface area contributed by atoms with Gasteiger partial charge in [0.05, 0.1) is 0 Å². The van der Waals surface area contributed by atoms with Gasteiger partial charge in [-0.1, -0.05) is 25.8 Å². The molecule has 0 spiro atoms. The molecule has 1 aliphatic heterocycles. The van der Waals surface area contributed by atoms with Crippen LogP contribution in [-0.4, -0.2) is 19.3 Å². The van der Waals surface area contributed by atoms with E-state index in [1.807, 2.05) is 6.07 Å². The van der Waals surface area contributed by atoms with Gasteiger partial charge in [0.1, 0.15) is 13.2 Å². The molecule has 0 saturated heterocycles. The van der Waals surface area contributed by atoms with Crippen LogP contribution in [0, 0.1) is 5.92 Å². The van der Waals surface area contributed by atoms with Crippen molar-refractivity contribution in [3.05, 3.63) is 23.8 Å². The van der Waals surface area contributed by atoms with Crippen molar-refractivity contribution in [3.8, 4) is 11.5 Å². The third-order valence-electron chi connectivity index (χ3n) is 4.49. The first-order valence-corrected chi connectivity index (χ1v) is 7.88. The highest BCUT2D eigenvalue weighted by Crippen LogP contribution is 2.33. The van der Waals surface area contributed by atoms with Crippen molar-refractivity contribution in [2.75, 3.05) is 13.2 Å². The van der Waals surface area contributed by atoms with Crippen molar-refractivity contribution in [1.82, 2.24) is 5.32 Å². The van der Waals surface area contributed by atoms with Crippen LogP contribution < -0.4 is 14.8 Å². The lowest BCUT2D eigenvalue weighted by Crippen LogP contribution is -2.35. The minimum atomic E-state index is 0.362. The molecule has 0 radical (unpaired) electrons. The zero-order chi connectivity index (χ0) is 13.9. The molecular weight excluding hydrogens is 250 g/mol. The van der Waals surface area contributed by atoms with Crippen molar-refractivity contribution in [2.45, 2.75) is 51.6 Å². The van der Waals surface area contributed by atoms with Crippen molar-refractivity contribution in [1.29, 1.82) is 0 Å². The maximum atomic E-state index is 5.67. The van der Waals surface area contributed by atoms with Crippen molar-refractivity contribution in [3.63, 3.8) is 0 Å². The Bertz CT molecular complexity index is 460. The van der Waals surface area contributed by atoms with Gasteiger partial charge < -0.3 is 14.8 Å². The normalized spacial score (nSPS) is 27.1. The molecule has 1 aliphatic carbocycles. The number of fused-ring (bicyclic) bond motifs is 1. The SMILES string of the molecule is CC1CCCC(NC(C)c2ccc3c(c2)OCCO3)C1. The van der Waals surface area contributed by atoms with E-state index in [0.717, 1.165) is 17.4 Å².